The average molecular weight is 605 g/mol. The fourth-order valence-electron chi connectivity index (χ4n) is 4.99. The maximum atomic E-state index is 10.8. The summed E-state index contributed by atoms with van der Waals surface area (Å²) in [5, 5.41) is 17.6. The van der Waals surface area contributed by atoms with Gasteiger partial charge in [-0.15, -0.1) is 0 Å². The number of amides is 1. The van der Waals surface area contributed by atoms with Crippen molar-refractivity contribution in [2.45, 2.75) is 70.6 Å². The Balaban J connectivity index is 1.43. The quantitative estimate of drug-likeness (QED) is 0.124. The zero-order valence-corrected chi connectivity index (χ0v) is 26.9. The van der Waals surface area contributed by atoms with Crippen molar-refractivity contribution in [3.63, 3.8) is 0 Å². The summed E-state index contributed by atoms with van der Waals surface area (Å²) >= 11 is 0. The van der Waals surface area contributed by atoms with E-state index in [1.54, 1.807) is 0 Å². The van der Waals surface area contributed by atoms with E-state index in [0.717, 1.165) is 52.9 Å². The molecule has 3 heterocycles. The van der Waals surface area contributed by atoms with Gasteiger partial charge >= 0.3 is 6.09 Å². The highest BCUT2D eigenvalue weighted by atomic mass is 28.4. The summed E-state index contributed by atoms with van der Waals surface area (Å²) in [5.41, 5.74) is 5.04. The third-order valence-electron chi connectivity index (χ3n) is 8.61. The van der Waals surface area contributed by atoms with Crippen molar-refractivity contribution in [1.29, 1.82) is 0 Å². The number of fused-ring (bicyclic) bond motifs is 1. The van der Waals surface area contributed by atoms with Crippen LogP contribution in [0.5, 0.6) is 0 Å². The second-order valence-electron chi connectivity index (χ2n) is 12.7. The number of benzene rings is 2. The third-order valence-corrected chi connectivity index (χ3v) is 13.1. The molecule has 2 atom stereocenters. The fourth-order valence-corrected chi connectivity index (χ4v) is 6.03. The molecule has 0 radical (unpaired) electrons. The van der Waals surface area contributed by atoms with Crippen LogP contribution in [-0.2, 0) is 20.4 Å². The van der Waals surface area contributed by atoms with Gasteiger partial charge in [0.15, 0.2) is 14.5 Å². The zero-order valence-electron chi connectivity index (χ0n) is 25.9. The lowest BCUT2D eigenvalue weighted by molar-refractivity contribution is -0.104. The molecule has 43 heavy (non-hydrogen) atoms. The molecule has 1 aliphatic rings. The normalized spacial score (nSPS) is 16.3. The molecule has 10 heteroatoms. The molecule has 0 bridgehead atoms. The maximum Gasteiger partial charge on any atom is 0.404 e. The van der Waals surface area contributed by atoms with Crippen LogP contribution in [0.25, 0.3) is 22.2 Å². The molecule has 2 N–H and O–H groups in total. The molecule has 1 saturated heterocycles. The van der Waals surface area contributed by atoms with Crippen molar-refractivity contribution in [3.8, 4) is 11.3 Å². The molecule has 2 unspecified atom stereocenters. The molecule has 1 aliphatic heterocycles. The van der Waals surface area contributed by atoms with Crippen LogP contribution in [0.1, 0.15) is 57.1 Å². The molecule has 0 spiro atoms. The number of rotatable bonds is 13. The Bertz CT molecular complexity index is 1520. The minimum absolute atomic E-state index is 0.0647. The predicted molar refractivity (Wildman–Crippen MR) is 171 cm³/mol. The summed E-state index contributed by atoms with van der Waals surface area (Å²) in [4.78, 5) is 10.8. The molecular weight excluding hydrogens is 560 g/mol. The molecule has 230 valence electrons. The van der Waals surface area contributed by atoms with Crippen LogP contribution in [0, 0.1) is 0 Å². The molecule has 0 saturated carbocycles. The number of carboxylic acid groups (broad SMARTS) is 1. The monoisotopic (exact) mass is 604 g/mol. The van der Waals surface area contributed by atoms with E-state index in [1.165, 1.54) is 0 Å². The number of nitrogens with one attached hydrogen (secondary N) is 1. The zero-order chi connectivity index (χ0) is 30.6. The van der Waals surface area contributed by atoms with E-state index in [1.807, 2.05) is 22.9 Å². The summed E-state index contributed by atoms with van der Waals surface area (Å²) in [6.07, 6.45) is 4.36. The van der Waals surface area contributed by atoms with Crippen molar-refractivity contribution in [3.05, 3.63) is 78.1 Å². The topological polar surface area (TPSA) is 99.8 Å². The van der Waals surface area contributed by atoms with Crippen molar-refractivity contribution in [2.75, 3.05) is 26.4 Å². The standard InChI is InChI=1S/C33H44N4O5Si/c1-33(2,3)43(4,5)42-21-18-36-17-14-26(23-36)30-27-22-25(12-13-28(27)37(35-30)29-15-20-40-29)31(24-10-7-6-8-11-24)41-19-9-16-34-32(38)39/h6-8,10-14,17,22-23,29,31,34H,9,15-16,18-21H2,1-5H3,(H,38,39). The minimum atomic E-state index is -1.81. The summed E-state index contributed by atoms with van der Waals surface area (Å²) < 4.78 is 22.8. The van der Waals surface area contributed by atoms with Gasteiger partial charge < -0.3 is 28.9 Å². The summed E-state index contributed by atoms with van der Waals surface area (Å²) in [5.74, 6) is 0. The van der Waals surface area contributed by atoms with Crippen LogP contribution in [0.4, 0.5) is 4.79 Å². The molecule has 0 aliphatic carbocycles. The number of nitrogens with zero attached hydrogens (tertiary/aromatic N) is 3. The Hall–Kier alpha value is -3.44. The van der Waals surface area contributed by atoms with Crippen LogP contribution in [0.3, 0.4) is 0 Å². The molecule has 1 amide bonds. The molecule has 9 nitrogen and oxygen atoms in total. The number of hydrogen-bond acceptors (Lipinski definition) is 5. The lowest BCUT2D eigenvalue weighted by atomic mass is 9.98. The van der Waals surface area contributed by atoms with Gasteiger partial charge in [-0.25, -0.2) is 9.48 Å². The average Bonchev–Trinajstić information content (AvgIpc) is 3.54. The summed E-state index contributed by atoms with van der Waals surface area (Å²) in [7, 11) is -1.81. The molecule has 2 aromatic carbocycles. The Morgan fingerprint density at radius 1 is 1.14 bits per heavy atom. The molecular formula is C33H44N4O5Si. The first-order valence-corrected chi connectivity index (χ1v) is 18.0. The van der Waals surface area contributed by atoms with Crippen molar-refractivity contribution < 1.29 is 23.8 Å². The van der Waals surface area contributed by atoms with E-state index in [0.29, 0.717) is 26.2 Å². The van der Waals surface area contributed by atoms with Crippen LogP contribution < -0.4 is 5.32 Å². The summed E-state index contributed by atoms with van der Waals surface area (Å²) in [6.45, 7) is 14.3. The van der Waals surface area contributed by atoms with E-state index < -0.39 is 14.4 Å². The molecule has 2 aromatic heterocycles. The van der Waals surface area contributed by atoms with Gasteiger partial charge in [0.25, 0.3) is 0 Å². The van der Waals surface area contributed by atoms with E-state index in [9.17, 15) is 4.79 Å². The first-order valence-electron chi connectivity index (χ1n) is 15.1. The number of aromatic nitrogens is 3. The van der Waals surface area contributed by atoms with Gasteiger partial charge in [-0.1, -0.05) is 57.2 Å². The first-order chi connectivity index (χ1) is 20.5. The van der Waals surface area contributed by atoms with Crippen LogP contribution >= 0.6 is 0 Å². The third kappa shape index (κ3) is 7.21. The Labute approximate surface area is 254 Å². The predicted octanol–water partition coefficient (Wildman–Crippen LogP) is 7.21. The second kappa shape index (κ2) is 13.0. The van der Waals surface area contributed by atoms with Crippen molar-refractivity contribution in [2.24, 2.45) is 0 Å². The van der Waals surface area contributed by atoms with E-state index >= 15 is 0 Å². The number of carbonyl (C=O) groups is 1. The second-order valence-corrected chi connectivity index (χ2v) is 17.5. The molecule has 5 rings (SSSR count). The van der Waals surface area contributed by atoms with Crippen LogP contribution in [-0.4, -0.2) is 60.2 Å². The lowest BCUT2D eigenvalue weighted by Crippen LogP contribution is -2.41. The number of hydrogen-bond donors (Lipinski definition) is 2. The van der Waals surface area contributed by atoms with Crippen molar-refractivity contribution >= 4 is 25.3 Å². The molecule has 1 fully saturated rings. The van der Waals surface area contributed by atoms with Gasteiger partial charge in [-0.2, -0.15) is 5.10 Å². The highest BCUT2D eigenvalue weighted by molar-refractivity contribution is 6.74. The van der Waals surface area contributed by atoms with E-state index in [4.69, 9.17) is 24.1 Å². The van der Waals surface area contributed by atoms with Gasteiger partial charge in [0.2, 0.25) is 0 Å². The van der Waals surface area contributed by atoms with E-state index in [2.05, 4.69) is 92.5 Å². The van der Waals surface area contributed by atoms with Gasteiger partial charge in [0.1, 0.15) is 11.8 Å². The molecule has 4 aromatic rings. The van der Waals surface area contributed by atoms with Gasteiger partial charge in [0.05, 0.1) is 18.7 Å². The summed E-state index contributed by atoms with van der Waals surface area (Å²) in [6, 6.07) is 18.6. The largest absolute Gasteiger partial charge is 0.465 e. The van der Waals surface area contributed by atoms with Gasteiger partial charge in [-0.3, -0.25) is 0 Å². The number of ether oxygens (including phenoxy) is 2. The van der Waals surface area contributed by atoms with Gasteiger partial charge in [-0.05, 0) is 53.9 Å². The van der Waals surface area contributed by atoms with Crippen LogP contribution in [0.15, 0.2) is 67.0 Å². The Morgan fingerprint density at radius 2 is 1.91 bits per heavy atom. The maximum absolute atomic E-state index is 10.8. The SMILES string of the molecule is CC(C)(C)[Si](C)(C)OCCn1ccc(-c2nn(C3CCO3)c3ccc(C(OCCCNC(=O)O)c4ccccc4)cc23)c1. The fraction of sp³-hybridized carbons (Fsp3) is 0.455. The Morgan fingerprint density at radius 3 is 2.58 bits per heavy atom. The first kappa shape index (κ1) is 31.0. The smallest absolute Gasteiger partial charge is 0.404 e. The Kier molecular flexibility index (Phi) is 9.41. The van der Waals surface area contributed by atoms with Gasteiger partial charge in [0, 0.05) is 49.5 Å². The highest BCUT2D eigenvalue weighted by Crippen LogP contribution is 2.38. The minimum Gasteiger partial charge on any atom is -0.465 e. The lowest BCUT2D eigenvalue weighted by Gasteiger charge is -2.36. The van der Waals surface area contributed by atoms with E-state index in [-0.39, 0.29) is 17.4 Å². The van der Waals surface area contributed by atoms with Crippen molar-refractivity contribution in [1.82, 2.24) is 19.7 Å². The van der Waals surface area contributed by atoms with Crippen LogP contribution in [0.2, 0.25) is 18.1 Å². The highest BCUT2D eigenvalue weighted by Gasteiger charge is 2.37.